The van der Waals surface area contributed by atoms with Crippen molar-refractivity contribution in [3.8, 4) is 0 Å². The Morgan fingerprint density at radius 2 is 1.73 bits per heavy atom. The molecule has 0 aliphatic carbocycles. The van der Waals surface area contributed by atoms with Crippen molar-refractivity contribution in [3.05, 3.63) is 22.0 Å². The predicted octanol–water partition coefficient (Wildman–Crippen LogP) is 3.74. The molecule has 80 valence electrons. The van der Waals surface area contributed by atoms with E-state index in [9.17, 15) is 0 Å². The first-order valence-corrected chi connectivity index (χ1v) is 6.06. The lowest BCUT2D eigenvalue weighted by atomic mass is 10.0. The van der Waals surface area contributed by atoms with Crippen molar-refractivity contribution in [2.75, 3.05) is 0 Å². The fraction of sp³-hybridized carbons (Fsp3) is 0.500. The zero-order valence-electron chi connectivity index (χ0n) is 9.88. The Labute approximate surface area is 94.4 Å². The molecular formula is C12H16N2S. The van der Waals surface area contributed by atoms with Gasteiger partial charge in [-0.05, 0) is 32.3 Å². The number of aromatic nitrogens is 2. The molecule has 0 N–H and O–H groups in total. The number of nitrogens with zero attached hydrogens (tertiary/aromatic N) is 2. The summed E-state index contributed by atoms with van der Waals surface area (Å²) in [7, 11) is 0. The van der Waals surface area contributed by atoms with Crippen LogP contribution in [0.5, 0.6) is 0 Å². The molecule has 0 saturated heterocycles. The Kier molecular flexibility index (Phi) is 2.51. The van der Waals surface area contributed by atoms with Crippen molar-refractivity contribution in [1.82, 2.24) is 9.97 Å². The second kappa shape index (κ2) is 3.56. The van der Waals surface area contributed by atoms with Crippen molar-refractivity contribution >= 4 is 21.6 Å². The molecule has 2 rings (SSSR count). The number of hydrogen-bond donors (Lipinski definition) is 0. The van der Waals surface area contributed by atoms with E-state index in [-0.39, 0.29) is 0 Å². The van der Waals surface area contributed by atoms with E-state index in [4.69, 9.17) is 0 Å². The maximum Gasteiger partial charge on any atom is 0.127 e. The highest BCUT2D eigenvalue weighted by molar-refractivity contribution is 7.18. The first kappa shape index (κ1) is 10.6. The molecular weight excluding hydrogens is 204 g/mol. The number of rotatable bonds is 1. The van der Waals surface area contributed by atoms with Gasteiger partial charge in [-0.1, -0.05) is 13.8 Å². The van der Waals surface area contributed by atoms with E-state index in [1.807, 2.05) is 6.92 Å². The van der Waals surface area contributed by atoms with Crippen LogP contribution in [0.2, 0.25) is 0 Å². The summed E-state index contributed by atoms with van der Waals surface area (Å²) in [5, 5.41) is 1.28. The maximum absolute atomic E-state index is 4.57. The molecule has 0 radical (unpaired) electrons. The van der Waals surface area contributed by atoms with E-state index >= 15 is 0 Å². The predicted molar refractivity (Wildman–Crippen MR) is 65.7 cm³/mol. The van der Waals surface area contributed by atoms with E-state index in [0.29, 0.717) is 5.92 Å². The summed E-state index contributed by atoms with van der Waals surface area (Å²) in [6.07, 6.45) is 0. The van der Waals surface area contributed by atoms with Crippen molar-refractivity contribution in [3.63, 3.8) is 0 Å². The third kappa shape index (κ3) is 1.65. The molecule has 0 atom stereocenters. The van der Waals surface area contributed by atoms with Gasteiger partial charge in [-0.25, -0.2) is 9.97 Å². The first-order chi connectivity index (χ1) is 7.00. The Hall–Kier alpha value is -0.960. The molecule has 15 heavy (non-hydrogen) atoms. The molecule has 2 aromatic rings. The van der Waals surface area contributed by atoms with Crippen LogP contribution in [-0.4, -0.2) is 9.97 Å². The van der Waals surface area contributed by atoms with Crippen molar-refractivity contribution in [1.29, 1.82) is 0 Å². The Morgan fingerprint density at radius 1 is 1.07 bits per heavy atom. The summed E-state index contributed by atoms with van der Waals surface area (Å²) in [6.45, 7) is 10.7. The third-order valence-corrected chi connectivity index (χ3v) is 3.82. The molecule has 0 aromatic carbocycles. The zero-order chi connectivity index (χ0) is 11.2. The summed E-state index contributed by atoms with van der Waals surface area (Å²) in [4.78, 5) is 11.6. The van der Waals surface area contributed by atoms with Crippen molar-refractivity contribution in [2.45, 2.75) is 40.5 Å². The molecule has 0 unspecified atom stereocenters. The summed E-state index contributed by atoms with van der Waals surface area (Å²) in [6, 6.07) is 0. The van der Waals surface area contributed by atoms with Crippen LogP contribution in [0.3, 0.4) is 0 Å². The second-order valence-corrected chi connectivity index (χ2v) is 5.48. The van der Waals surface area contributed by atoms with Gasteiger partial charge in [0.2, 0.25) is 0 Å². The highest BCUT2D eigenvalue weighted by atomic mass is 32.1. The van der Waals surface area contributed by atoms with E-state index < -0.39 is 0 Å². The molecule has 0 spiro atoms. The van der Waals surface area contributed by atoms with Gasteiger partial charge in [0.1, 0.15) is 10.7 Å². The fourth-order valence-electron chi connectivity index (χ4n) is 1.81. The van der Waals surface area contributed by atoms with E-state index in [1.54, 1.807) is 11.3 Å². The molecule has 2 nitrogen and oxygen atoms in total. The van der Waals surface area contributed by atoms with Gasteiger partial charge in [0.15, 0.2) is 0 Å². The van der Waals surface area contributed by atoms with Crippen LogP contribution in [0.1, 0.15) is 41.7 Å². The second-order valence-electron chi connectivity index (χ2n) is 4.27. The minimum atomic E-state index is 0.460. The van der Waals surface area contributed by atoms with Crippen molar-refractivity contribution in [2.24, 2.45) is 0 Å². The lowest BCUT2D eigenvalue weighted by molar-refractivity contribution is 0.818. The molecule has 3 heteroatoms. The van der Waals surface area contributed by atoms with Crippen LogP contribution < -0.4 is 0 Å². The largest absolute Gasteiger partial charge is 0.237 e. The zero-order valence-corrected chi connectivity index (χ0v) is 10.7. The van der Waals surface area contributed by atoms with Gasteiger partial charge in [-0.15, -0.1) is 11.3 Å². The number of fused-ring (bicyclic) bond motifs is 1. The Bertz CT molecular complexity index is 512. The molecule has 2 heterocycles. The standard InChI is InChI=1S/C12H16N2S/c1-6(2)11-10-7(3)8(4)15-12(10)14-9(5)13-11/h6H,1-5H3. The van der Waals surface area contributed by atoms with Crippen molar-refractivity contribution < 1.29 is 0 Å². The van der Waals surface area contributed by atoms with Crippen LogP contribution in [0.25, 0.3) is 10.2 Å². The summed E-state index contributed by atoms with van der Waals surface area (Å²) in [5.41, 5.74) is 2.54. The summed E-state index contributed by atoms with van der Waals surface area (Å²) < 4.78 is 0. The maximum atomic E-state index is 4.57. The average Bonchev–Trinajstić information content (AvgIpc) is 2.41. The highest BCUT2D eigenvalue weighted by Crippen LogP contribution is 2.33. The fourth-order valence-corrected chi connectivity index (χ4v) is 2.89. The minimum Gasteiger partial charge on any atom is -0.237 e. The number of aryl methyl sites for hydroxylation is 3. The molecule has 2 aromatic heterocycles. The van der Waals surface area contributed by atoms with Crippen LogP contribution in [0.4, 0.5) is 0 Å². The average molecular weight is 220 g/mol. The molecule has 0 saturated carbocycles. The lowest BCUT2D eigenvalue weighted by Crippen LogP contribution is -1.98. The molecule has 0 amide bonds. The quantitative estimate of drug-likeness (QED) is 0.731. The topological polar surface area (TPSA) is 25.8 Å². The van der Waals surface area contributed by atoms with Gasteiger partial charge in [0.05, 0.1) is 5.69 Å². The Morgan fingerprint density at radius 3 is 2.33 bits per heavy atom. The summed E-state index contributed by atoms with van der Waals surface area (Å²) in [5.74, 6) is 1.34. The van der Waals surface area contributed by atoms with Gasteiger partial charge < -0.3 is 0 Å². The van der Waals surface area contributed by atoms with Gasteiger partial charge in [0, 0.05) is 10.3 Å². The van der Waals surface area contributed by atoms with Gasteiger partial charge in [0.25, 0.3) is 0 Å². The monoisotopic (exact) mass is 220 g/mol. The summed E-state index contributed by atoms with van der Waals surface area (Å²) >= 11 is 1.77. The third-order valence-electron chi connectivity index (χ3n) is 2.72. The number of hydrogen-bond acceptors (Lipinski definition) is 3. The van der Waals surface area contributed by atoms with Crippen LogP contribution in [0.15, 0.2) is 0 Å². The molecule has 0 fully saturated rings. The lowest BCUT2D eigenvalue weighted by Gasteiger charge is -2.07. The smallest absolute Gasteiger partial charge is 0.127 e. The van der Waals surface area contributed by atoms with Gasteiger partial charge in [-0.2, -0.15) is 0 Å². The van der Waals surface area contributed by atoms with E-state index in [0.717, 1.165) is 10.7 Å². The van der Waals surface area contributed by atoms with Gasteiger partial charge >= 0.3 is 0 Å². The van der Waals surface area contributed by atoms with Crippen LogP contribution >= 0.6 is 11.3 Å². The van der Waals surface area contributed by atoms with Crippen LogP contribution in [0, 0.1) is 20.8 Å². The minimum absolute atomic E-state index is 0.460. The molecule has 0 aliphatic heterocycles. The Balaban J connectivity index is 2.88. The molecule has 0 aliphatic rings. The first-order valence-electron chi connectivity index (χ1n) is 5.25. The van der Waals surface area contributed by atoms with Gasteiger partial charge in [-0.3, -0.25) is 0 Å². The van der Waals surface area contributed by atoms with E-state index in [1.165, 1.54) is 21.5 Å². The van der Waals surface area contributed by atoms with Crippen LogP contribution in [-0.2, 0) is 0 Å². The normalized spacial score (nSPS) is 11.6. The highest BCUT2D eigenvalue weighted by Gasteiger charge is 2.14. The number of thiophene rings is 1. The van der Waals surface area contributed by atoms with E-state index in [2.05, 4.69) is 37.7 Å². The SMILES string of the molecule is Cc1nc(C(C)C)c2c(C)c(C)sc2n1. The molecule has 0 bridgehead atoms.